The number of aliphatic hydroxyl groups excluding tert-OH is 1. The van der Waals surface area contributed by atoms with Crippen LogP contribution < -0.4 is 0 Å². The molecule has 0 amide bonds. The highest BCUT2D eigenvalue weighted by Crippen LogP contribution is 1.65. The normalized spacial score (nSPS) is 5.14. The van der Waals surface area contributed by atoms with Crippen molar-refractivity contribution in [2.75, 3.05) is 0 Å². The quantitative estimate of drug-likeness (QED) is 0.502. The average Bonchev–Trinajstić information content (AvgIpc) is 0.811. The van der Waals surface area contributed by atoms with Crippen molar-refractivity contribution in [1.29, 1.82) is 0 Å². The third-order valence-corrected chi connectivity index (χ3v) is 0. The zero-order chi connectivity index (χ0) is 3.58. The summed E-state index contributed by atoms with van der Waals surface area (Å²) < 4.78 is 0. The van der Waals surface area contributed by atoms with Crippen LogP contribution >= 0.6 is 0 Å². The van der Waals surface area contributed by atoms with Gasteiger partial charge in [-0.2, -0.15) is 0 Å². The van der Waals surface area contributed by atoms with E-state index >= 15 is 0 Å². The summed E-state index contributed by atoms with van der Waals surface area (Å²) in [6, 6.07) is 0. The molecule has 0 bridgehead atoms. The van der Waals surface area contributed by atoms with Crippen molar-refractivity contribution in [2.45, 2.75) is 20.0 Å². The Morgan fingerprint density at radius 1 is 1.00 bits per heavy atom. The molecule has 4 heteroatoms. The van der Waals surface area contributed by atoms with Crippen LogP contribution in [0.1, 0.15) is 13.8 Å². The van der Waals surface area contributed by atoms with Gasteiger partial charge in [0.2, 0.25) is 0 Å². The highest BCUT2D eigenvalue weighted by atomic mass is 19.0. The van der Waals surface area contributed by atoms with E-state index in [1.165, 1.54) is 0 Å². The van der Waals surface area contributed by atoms with Crippen LogP contribution in [0.5, 0.6) is 0 Å². The standard InChI is InChI=1S/C3H8O.3FH/c1-3(2)4;;;/h3-4H,1-2H3;3*1H. The molecule has 0 saturated carbocycles. The van der Waals surface area contributed by atoms with Crippen LogP contribution in [0, 0.1) is 0 Å². The number of rotatable bonds is 0. The minimum absolute atomic E-state index is 0. The summed E-state index contributed by atoms with van der Waals surface area (Å²) in [4.78, 5) is 0. The molecule has 0 aromatic heterocycles. The Morgan fingerprint density at radius 2 is 1.00 bits per heavy atom. The molecule has 0 rings (SSSR count). The second-order valence-corrected chi connectivity index (χ2v) is 1.09. The van der Waals surface area contributed by atoms with E-state index in [1.54, 1.807) is 13.8 Å². The second kappa shape index (κ2) is 17.2. The Bertz CT molecular complexity index is 14.9. The van der Waals surface area contributed by atoms with Gasteiger partial charge in [-0.3, -0.25) is 14.1 Å². The molecule has 0 aliphatic rings. The molecule has 0 fully saturated rings. The van der Waals surface area contributed by atoms with E-state index in [0.717, 1.165) is 0 Å². The van der Waals surface area contributed by atoms with Crippen LogP contribution in [-0.4, -0.2) is 11.2 Å². The van der Waals surface area contributed by atoms with E-state index in [-0.39, 0.29) is 20.2 Å². The Kier molecular flexibility index (Phi) is 72.3. The van der Waals surface area contributed by atoms with Crippen molar-refractivity contribution in [1.82, 2.24) is 0 Å². The number of hydrogen-bond acceptors (Lipinski definition) is 1. The minimum atomic E-state index is -0.167. The number of hydrogen-bond donors (Lipinski definition) is 1. The molecule has 0 spiro atoms. The van der Waals surface area contributed by atoms with Gasteiger partial charge in [0, 0.05) is 6.10 Å². The lowest BCUT2D eigenvalue weighted by Crippen LogP contribution is -1.85. The molecular formula is C3H11F3O. The number of aliphatic hydroxyl groups is 1. The van der Waals surface area contributed by atoms with Crippen molar-refractivity contribution in [3.05, 3.63) is 0 Å². The predicted molar refractivity (Wildman–Crippen MR) is 24.9 cm³/mol. The van der Waals surface area contributed by atoms with E-state index in [0.29, 0.717) is 0 Å². The van der Waals surface area contributed by atoms with Crippen molar-refractivity contribution < 1.29 is 19.2 Å². The molecule has 0 atom stereocenters. The first-order valence-electron chi connectivity index (χ1n) is 1.41. The molecule has 0 aliphatic carbocycles. The molecule has 0 aromatic carbocycles. The Hall–Kier alpha value is -0.250. The van der Waals surface area contributed by atoms with Crippen molar-refractivity contribution in [2.24, 2.45) is 0 Å². The lowest BCUT2D eigenvalue weighted by molar-refractivity contribution is 0.216. The maximum Gasteiger partial charge on any atom is 0.0483 e. The molecule has 0 aliphatic heterocycles. The third-order valence-electron chi connectivity index (χ3n) is 0. The van der Waals surface area contributed by atoms with Gasteiger partial charge in [-0.1, -0.05) is 0 Å². The van der Waals surface area contributed by atoms with E-state index in [2.05, 4.69) is 0 Å². The molecule has 0 unspecified atom stereocenters. The molecule has 0 aromatic rings. The first kappa shape index (κ1) is 29.5. The van der Waals surface area contributed by atoms with Crippen molar-refractivity contribution in [3.8, 4) is 0 Å². The summed E-state index contributed by atoms with van der Waals surface area (Å²) >= 11 is 0. The highest BCUT2D eigenvalue weighted by Gasteiger charge is 1.69. The van der Waals surface area contributed by atoms with Gasteiger partial charge in [0.25, 0.3) is 0 Å². The van der Waals surface area contributed by atoms with E-state index in [9.17, 15) is 0 Å². The predicted octanol–water partition coefficient (Wildman–Crippen LogP) is 0.845. The largest absolute Gasteiger partial charge is 0.394 e. The van der Waals surface area contributed by atoms with Gasteiger partial charge in [0.15, 0.2) is 0 Å². The van der Waals surface area contributed by atoms with Crippen LogP contribution in [0.25, 0.3) is 0 Å². The summed E-state index contributed by atoms with van der Waals surface area (Å²) in [5.74, 6) is 0. The van der Waals surface area contributed by atoms with Gasteiger partial charge in [-0.05, 0) is 13.8 Å². The van der Waals surface area contributed by atoms with Gasteiger partial charge >= 0.3 is 0 Å². The third kappa shape index (κ3) is 1290. The zero-order valence-corrected chi connectivity index (χ0v) is 4.25. The van der Waals surface area contributed by atoms with Crippen LogP contribution in [0.15, 0.2) is 0 Å². The van der Waals surface area contributed by atoms with Gasteiger partial charge in [-0.25, -0.2) is 0 Å². The maximum absolute atomic E-state index is 8.06. The summed E-state index contributed by atoms with van der Waals surface area (Å²) in [7, 11) is 0. The molecule has 1 N–H and O–H groups in total. The summed E-state index contributed by atoms with van der Waals surface area (Å²) in [6.07, 6.45) is -0.167. The molecule has 7 heavy (non-hydrogen) atoms. The second-order valence-electron chi connectivity index (χ2n) is 1.09. The highest BCUT2D eigenvalue weighted by molar-refractivity contribution is 4.20. The van der Waals surface area contributed by atoms with Gasteiger partial charge in [-0.15, -0.1) is 0 Å². The Balaban J connectivity index is -0.0000000150. The summed E-state index contributed by atoms with van der Waals surface area (Å²) in [5.41, 5.74) is 0. The lowest BCUT2D eigenvalue weighted by Gasteiger charge is -1.80. The van der Waals surface area contributed by atoms with E-state index in [4.69, 9.17) is 5.11 Å². The van der Waals surface area contributed by atoms with Gasteiger partial charge < -0.3 is 5.11 Å². The fourth-order valence-electron chi connectivity index (χ4n) is 0. The Morgan fingerprint density at radius 3 is 1.00 bits per heavy atom. The first-order valence-corrected chi connectivity index (χ1v) is 1.41. The van der Waals surface area contributed by atoms with Crippen LogP contribution in [-0.2, 0) is 0 Å². The summed E-state index contributed by atoms with van der Waals surface area (Å²) in [6.45, 7) is 3.44. The lowest BCUT2D eigenvalue weighted by atomic mass is 10.5. The van der Waals surface area contributed by atoms with Crippen LogP contribution in [0.2, 0.25) is 0 Å². The topological polar surface area (TPSA) is 20.2 Å². The van der Waals surface area contributed by atoms with Crippen molar-refractivity contribution >= 4 is 0 Å². The fourth-order valence-corrected chi connectivity index (χ4v) is 0. The van der Waals surface area contributed by atoms with Gasteiger partial charge in [0.05, 0.1) is 0 Å². The average molecular weight is 120 g/mol. The SMILES string of the molecule is CC(C)O.F.F.F. The number of halogens is 3. The molecular weight excluding hydrogens is 109 g/mol. The molecule has 50 valence electrons. The Labute approximate surface area is 40.4 Å². The molecule has 1 nitrogen and oxygen atoms in total. The smallest absolute Gasteiger partial charge is 0.0483 e. The molecule has 0 heterocycles. The maximum atomic E-state index is 8.06. The van der Waals surface area contributed by atoms with E-state index in [1.807, 2.05) is 0 Å². The monoisotopic (exact) mass is 120 g/mol. The fraction of sp³-hybridized carbons (Fsp3) is 1.00. The van der Waals surface area contributed by atoms with Crippen LogP contribution in [0.4, 0.5) is 14.1 Å². The summed E-state index contributed by atoms with van der Waals surface area (Å²) in [5, 5.41) is 8.06. The van der Waals surface area contributed by atoms with E-state index < -0.39 is 0 Å². The zero-order valence-electron chi connectivity index (χ0n) is 4.25. The van der Waals surface area contributed by atoms with Crippen LogP contribution in [0.3, 0.4) is 0 Å². The van der Waals surface area contributed by atoms with Gasteiger partial charge in [0.1, 0.15) is 0 Å². The van der Waals surface area contributed by atoms with Crippen molar-refractivity contribution in [3.63, 3.8) is 0 Å². The minimum Gasteiger partial charge on any atom is -0.394 e. The molecule has 0 saturated heterocycles. The first-order chi connectivity index (χ1) is 1.73. The molecule has 0 radical (unpaired) electrons.